The fraction of sp³-hybridized carbons (Fsp3) is 0.545. The van der Waals surface area contributed by atoms with Gasteiger partial charge in [0.25, 0.3) is 5.56 Å². The zero-order valence-corrected chi connectivity index (χ0v) is 9.69. The number of nitrogens with one attached hydrogen (secondary N) is 1. The van der Waals surface area contributed by atoms with E-state index in [4.69, 9.17) is 9.84 Å². The highest BCUT2D eigenvalue weighted by molar-refractivity contribution is 5.88. The van der Waals surface area contributed by atoms with E-state index in [-0.39, 0.29) is 23.5 Å². The van der Waals surface area contributed by atoms with Crippen molar-refractivity contribution < 1.29 is 14.6 Å². The maximum absolute atomic E-state index is 11.6. The number of aromatic nitrogens is 2. The number of aromatic carboxylic acids is 1. The van der Waals surface area contributed by atoms with Crippen LogP contribution < -0.4 is 5.56 Å². The average Bonchev–Trinajstić information content (AvgIpc) is 2.63. The lowest BCUT2D eigenvalue weighted by Crippen LogP contribution is -2.24. The van der Waals surface area contributed by atoms with Crippen molar-refractivity contribution in [3.8, 4) is 0 Å². The lowest BCUT2D eigenvalue weighted by molar-refractivity contribution is 0.0497. The van der Waals surface area contributed by atoms with E-state index in [0.717, 1.165) is 12.8 Å². The largest absolute Gasteiger partial charge is 0.477 e. The molecule has 0 bridgehead atoms. The summed E-state index contributed by atoms with van der Waals surface area (Å²) in [7, 11) is 0. The molecule has 0 saturated carbocycles. The van der Waals surface area contributed by atoms with Crippen molar-refractivity contribution in [2.45, 2.75) is 38.9 Å². The van der Waals surface area contributed by atoms with Crippen LogP contribution in [0.3, 0.4) is 0 Å². The zero-order chi connectivity index (χ0) is 12.6. The number of aryl methyl sites for hydroxylation is 1. The Bertz CT molecular complexity index is 509. The predicted octanol–water partition coefficient (Wildman–Crippen LogP) is 1.02. The smallest absolute Gasteiger partial charge is 0.343 e. The lowest BCUT2D eigenvalue weighted by atomic mass is 10.2. The minimum Gasteiger partial charge on any atom is -0.477 e. The first-order valence-electron chi connectivity index (χ1n) is 5.48. The van der Waals surface area contributed by atoms with Gasteiger partial charge in [0.05, 0.1) is 11.8 Å². The van der Waals surface area contributed by atoms with Gasteiger partial charge in [-0.25, -0.2) is 9.78 Å². The fourth-order valence-electron chi connectivity index (χ4n) is 2.02. The second kappa shape index (κ2) is 4.29. The van der Waals surface area contributed by atoms with Crippen LogP contribution in [0.5, 0.6) is 0 Å². The summed E-state index contributed by atoms with van der Waals surface area (Å²) in [4.78, 5) is 29.0. The first-order chi connectivity index (χ1) is 7.99. The van der Waals surface area contributed by atoms with Gasteiger partial charge in [0.1, 0.15) is 17.5 Å². The molecule has 2 N–H and O–H groups in total. The summed E-state index contributed by atoms with van der Waals surface area (Å²) in [5.74, 6) is -0.842. The van der Waals surface area contributed by atoms with Crippen LogP contribution in [-0.4, -0.2) is 27.1 Å². The summed E-state index contributed by atoms with van der Waals surface area (Å²) in [6.45, 7) is 3.47. The third-order valence-corrected chi connectivity index (χ3v) is 2.87. The molecule has 0 radical (unpaired) electrons. The molecule has 0 spiro atoms. The van der Waals surface area contributed by atoms with Gasteiger partial charge in [-0.3, -0.25) is 4.79 Å². The van der Waals surface area contributed by atoms with Crippen molar-refractivity contribution in [3.63, 3.8) is 0 Å². The molecule has 1 aliphatic heterocycles. The van der Waals surface area contributed by atoms with Crippen LogP contribution >= 0.6 is 0 Å². The SMILES string of the molecule is Cc1nc(C2CCC(C)O2)[nH]c(=O)c1C(=O)O. The van der Waals surface area contributed by atoms with E-state index in [9.17, 15) is 9.59 Å². The molecule has 0 aliphatic carbocycles. The van der Waals surface area contributed by atoms with Crippen LogP contribution in [0.25, 0.3) is 0 Å². The van der Waals surface area contributed by atoms with Gasteiger partial charge in [0, 0.05) is 0 Å². The van der Waals surface area contributed by atoms with Crippen LogP contribution in [0.2, 0.25) is 0 Å². The molecule has 0 aromatic carbocycles. The van der Waals surface area contributed by atoms with Gasteiger partial charge < -0.3 is 14.8 Å². The number of aromatic amines is 1. The maximum atomic E-state index is 11.6. The molecular weight excluding hydrogens is 224 g/mol. The number of carbonyl (C=O) groups is 1. The lowest BCUT2D eigenvalue weighted by Gasteiger charge is -2.11. The van der Waals surface area contributed by atoms with Gasteiger partial charge >= 0.3 is 5.97 Å². The molecular formula is C11H14N2O4. The normalized spacial score (nSPS) is 23.9. The molecule has 1 saturated heterocycles. The highest BCUT2D eigenvalue weighted by Crippen LogP contribution is 2.29. The van der Waals surface area contributed by atoms with E-state index >= 15 is 0 Å². The van der Waals surface area contributed by atoms with Gasteiger partial charge in [-0.1, -0.05) is 0 Å². The third kappa shape index (κ3) is 2.21. The van der Waals surface area contributed by atoms with Crippen LogP contribution in [0, 0.1) is 6.92 Å². The number of carboxylic acid groups (broad SMARTS) is 1. The van der Waals surface area contributed by atoms with Gasteiger partial charge in [-0.2, -0.15) is 0 Å². The minimum atomic E-state index is -1.26. The molecule has 2 unspecified atom stereocenters. The van der Waals surface area contributed by atoms with Gasteiger partial charge in [-0.05, 0) is 26.7 Å². The Hall–Kier alpha value is -1.69. The molecule has 1 aromatic rings. The molecule has 92 valence electrons. The Morgan fingerprint density at radius 3 is 2.71 bits per heavy atom. The van der Waals surface area contributed by atoms with Crippen molar-refractivity contribution in [3.05, 3.63) is 27.4 Å². The number of rotatable bonds is 2. The van der Waals surface area contributed by atoms with Gasteiger partial charge in [0.15, 0.2) is 0 Å². The summed E-state index contributed by atoms with van der Waals surface area (Å²) in [5.41, 5.74) is -0.706. The van der Waals surface area contributed by atoms with Crippen molar-refractivity contribution in [1.29, 1.82) is 0 Å². The number of H-pyrrole nitrogens is 1. The van der Waals surface area contributed by atoms with E-state index in [2.05, 4.69) is 9.97 Å². The molecule has 17 heavy (non-hydrogen) atoms. The Kier molecular flexibility index (Phi) is 2.97. The topological polar surface area (TPSA) is 92.3 Å². The van der Waals surface area contributed by atoms with E-state index in [1.54, 1.807) is 0 Å². The quantitative estimate of drug-likeness (QED) is 0.802. The molecule has 2 atom stereocenters. The molecule has 2 rings (SSSR count). The average molecular weight is 238 g/mol. The zero-order valence-electron chi connectivity index (χ0n) is 9.69. The molecule has 2 heterocycles. The van der Waals surface area contributed by atoms with Crippen molar-refractivity contribution >= 4 is 5.97 Å². The summed E-state index contributed by atoms with van der Waals surface area (Å²) < 4.78 is 5.58. The number of carboxylic acids is 1. The summed E-state index contributed by atoms with van der Waals surface area (Å²) in [6.07, 6.45) is 1.60. The number of hydrogen-bond donors (Lipinski definition) is 2. The fourth-order valence-corrected chi connectivity index (χ4v) is 2.02. The van der Waals surface area contributed by atoms with E-state index in [1.165, 1.54) is 6.92 Å². The standard InChI is InChI=1S/C11H14N2O4/c1-5-3-4-7(17-5)9-12-6(2)8(11(15)16)10(14)13-9/h5,7H,3-4H2,1-2H3,(H,15,16)(H,12,13,14). The minimum absolute atomic E-state index is 0.143. The number of ether oxygens (including phenoxy) is 1. The summed E-state index contributed by atoms with van der Waals surface area (Å²) >= 11 is 0. The van der Waals surface area contributed by atoms with Crippen molar-refractivity contribution in [1.82, 2.24) is 9.97 Å². The van der Waals surface area contributed by atoms with Crippen LogP contribution in [0.4, 0.5) is 0 Å². The number of hydrogen-bond acceptors (Lipinski definition) is 4. The monoisotopic (exact) mass is 238 g/mol. The van der Waals surface area contributed by atoms with Gasteiger partial charge in [0.2, 0.25) is 0 Å². The van der Waals surface area contributed by atoms with Crippen LogP contribution in [0.1, 0.15) is 47.7 Å². The summed E-state index contributed by atoms with van der Waals surface area (Å²) in [5, 5.41) is 8.85. The molecule has 6 heteroatoms. The van der Waals surface area contributed by atoms with E-state index < -0.39 is 11.5 Å². The van der Waals surface area contributed by atoms with Gasteiger partial charge in [-0.15, -0.1) is 0 Å². The molecule has 1 fully saturated rings. The Balaban J connectivity index is 2.39. The Morgan fingerprint density at radius 1 is 1.53 bits per heavy atom. The van der Waals surface area contributed by atoms with E-state index in [0.29, 0.717) is 5.82 Å². The predicted molar refractivity (Wildman–Crippen MR) is 59.1 cm³/mol. The molecule has 1 aliphatic rings. The maximum Gasteiger partial charge on any atom is 0.343 e. The molecule has 0 amide bonds. The highest BCUT2D eigenvalue weighted by Gasteiger charge is 2.26. The molecule has 1 aromatic heterocycles. The molecule has 6 nitrogen and oxygen atoms in total. The number of nitrogens with zero attached hydrogens (tertiary/aromatic N) is 1. The Labute approximate surface area is 97.7 Å². The third-order valence-electron chi connectivity index (χ3n) is 2.87. The first-order valence-corrected chi connectivity index (χ1v) is 5.48. The second-order valence-corrected chi connectivity index (χ2v) is 4.23. The van der Waals surface area contributed by atoms with Crippen molar-refractivity contribution in [2.75, 3.05) is 0 Å². The highest BCUT2D eigenvalue weighted by atomic mass is 16.5. The summed E-state index contributed by atoms with van der Waals surface area (Å²) in [6, 6.07) is 0. The van der Waals surface area contributed by atoms with Crippen LogP contribution in [0.15, 0.2) is 4.79 Å². The van der Waals surface area contributed by atoms with E-state index in [1.807, 2.05) is 6.92 Å². The second-order valence-electron chi connectivity index (χ2n) is 4.23. The Morgan fingerprint density at radius 2 is 2.24 bits per heavy atom. The van der Waals surface area contributed by atoms with Crippen LogP contribution in [-0.2, 0) is 4.74 Å². The first kappa shape index (κ1) is 11.8. The van der Waals surface area contributed by atoms with Crippen molar-refractivity contribution in [2.24, 2.45) is 0 Å².